The lowest BCUT2D eigenvalue weighted by Crippen LogP contribution is -2.49. The summed E-state index contributed by atoms with van der Waals surface area (Å²) >= 11 is 2.20. The van der Waals surface area contributed by atoms with E-state index in [0.29, 0.717) is 13.0 Å². The molecule has 1 atom stereocenters. The lowest BCUT2D eigenvalue weighted by Gasteiger charge is -2.34. The number of amides is 1. The highest BCUT2D eigenvalue weighted by Gasteiger charge is 2.33. The fourth-order valence-electron chi connectivity index (χ4n) is 3.06. The SMILES string of the molecule is COC(=O)[C@H]1Cc2ccccc2CN1CC(=O)Nc1cccc(I)c1. The lowest BCUT2D eigenvalue weighted by atomic mass is 9.94. The van der Waals surface area contributed by atoms with Crippen LogP contribution in [0, 0.1) is 3.57 Å². The Morgan fingerprint density at radius 1 is 1.20 bits per heavy atom. The van der Waals surface area contributed by atoms with Crippen molar-refractivity contribution in [3.63, 3.8) is 0 Å². The molecule has 130 valence electrons. The van der Waals surface area contributed by atoms with Gasteiger partial charge in [0.15, 0.2) is 0 Å². The summed E-state index contributed by atoms with van der Waals surface area (Å²) in [5, 5.41) is 2.89. The average Bonchev–Trinajstić information content (AvgIpc) is 2.60. The van der Waals surface area contributed by atoms with E-state index in [0.717, 1.165) is 20.4 Å². The standard InChI is InChI=1S/C19H19IN2O3/c1-25-19(24)17-9-13-5-2-3-6-14(13)11-22(17)12-18(23)21-16-8-4-7-15(20)10-16/h2-8,10,17H,9,11-12H2,1H3,(H,21,23)/t17-/m1/s1. The molecule has 0 saturated carbocycles. The molecule has 0 radical (unpaired) electrons. The van der Waals surface area contributed by atoms with Gasteiger partial charge in [-0.05, 0) is 58.3 Å². The van der Waals surface area contributed by atoms with E-state index >= 15 is 0 Å². The maximum atomic E-state index is 12.5. The Balaban J connectivity index is 1.74. The molecule has 6 heteroatoms. The topological polar surface area (TPSA) is 58.6 Å². The first-order valence-corrected chi connectivity index (χ1v) is 9.09. The molecule has 0 bridgehead atoms. The maximum Gasteiger partial charge on any atom is 0.323 e. The van der Waals surface area contributed by atoms with E-state index in [-0.39, 0.29) is 18.4 Å². The second-order valence-corrected chi connectivity index (χ2v) is 7.22. The Kier molecular flexibility index (Phi) is 5.70. The van der Waals surface area contributed by atoms with Crippen LogP contribution in [0.15, 0.2) is 48.5 Å². The summed E-state index contributed by atoms with van der Waals surface area (Å²) in [5.41, 5.74) is 3.03. The zero-order valence-corrected chi connectivity index (χ0v) is 16.0. The number of carbonyl (C=O) groups is 2. The third kappa shape index (κ3) is 4.38. The molecule has 25 heavy (non-hydrogen) atoms. The van der Waals surface area contributed by atoms with Gasteiger partial charge in [-0.25, -0.2) is 0 Å². The molecule has 0 saturated heterocycles. The van der Waals surface area contributed by atoms with Crippen molar-refractivity contribution in [2.75, 3.05) is 19.0 Å². The number of halogens is 1. The van der Waals surface area contributed by atoms with Gasteiger partial charge in [0.2, 0.25) is 5.91 Å². The van der Waals surface area contributed by atoms with Crippen LogP contribution < -0.4 is 5.32 Å². The van der Waals surface area contributed by atoms with Crippen molar-refractivity contribution in [1.82, 2.24) is 4.90 Å². The van der Waals surface area contributed by atoms with E-state index in [2.05, 4.69) is 27.9 Å². The average molecular weight is 450 g/mol. The summed E-state index contributed by atoms with van der Waals surface area (Å²) < 4.78 is 5.99. The number of nitrogens with zero attached hydrogens (tertiary/aromatic N) is 1. The van der Waals surface area contributed by atoms with Gasteiger partial charge < -0.3 is 10.1 Å². The van der Waals surface area contributed by atoms with Crippen LogP contribution in [0.3, 0.4) is 0 Å². The molecule has 1 aliphatic heterocycles. The molecule has 1 aliphatic rings. The summed E-state index contributed by atoms with van der Waals surface area (Å²) in [6.45, 7) is 0.690. The molecule has 0 fully saturated rings. The highest BCUT2D eigenvalue weighted by atomic mass is 127. The third-order valence-corrected chi connectivity index (χ3v) is 4.95. The van der Waals surface area contributed by atoms with Gasteiger partial charge in [0, 0.05) is 15.8 Å². The molecule has 0 aliphatic carbocycles. The number of methoxy groups -OCH3 is 1. The minimum Gasteiger partial charge on any atom is -0.468 e. The zero-order valence-electron chi connectivity index (χ0n) is 13.9. The lowest BCUT2D eigenvalue weighted by molar-refractivity contribution is -0.148. The molecule has 0 aromatic heterocycles. The van der Waals surface area contributed by atoms with Crippen molar-refractivity contribution in [3.05, 3.63) is 63.2 Å². The predicted octanol–water partition coefficient (Wildman–Crippen LogP) is 2.83. The van der Waals surface area contributed by atoms with Gasteiger partial charge in [0.25, 0.3) is 0 Å². The van der Waals surface area contributed by atoms with E-state index in [1.807, 2.05) is 53.4 Å². The van der Waals surface area contributed by atoms with Gasteiger partial charge in [-0.1, -0.05) is 30.3 Å². The minimum atomic E-state index is -0.443. The number of nitrogens with one attached hydrogen (secondary N) is 1. The summed E-state index contributed by atoms with van der Waals surface area (Å²) in [7, 11) is 1.38. The normalized spacial score (nSPS) is 16.8. The monoisotopic (exact) mass is 450 g/mol. The Morgan fingerprint density at radius 2 is 1.96 bits per heavy atom. The minimum absolute atomic E-state index is 0.138. The van der Waals surface area contributed by atoms with Gasteiger partial charge in [0.1, 0.15) is 6.04 Å². The largest absolute Gasteiger partial charge is 0.468 e. The first-order valence-electron chi connectivity index (χ1n) is 8.01. The third-order valence-electron chi connectivity index (χ3n) is 4.27. The molecule has 0 unspecified atom stereocenters. The number of hydrogen-bond acceptors (Lipinski definition) is 4. The molecule has 1 amide bonds. The predicted molar refractivity (Wildman–Crippen MR) is 104 cm³/mol. The number of rotatable bonds is 4. The molecular weight excluding hydrogens is 431 g/mol. The van der Waals surface area contributed by atoms with Gasteiger partial charge in [0.05, 0.1) is 13.7 Å². The van der Waals surface area contributed by atoms with Crippen molar-refractivity contribution in [2.24, 2.45) is 0 Å². The van der Waals surface area contributed by atoms with E-state index in [1.54, 1.807) is 0 Å². The van der Waals surface area contributed by atoms with Crippen LogP contribution in [0.2, 0.25) is 0 Å². The summed E-state index contributed by atoms with van der Waals surface area (Å²) in [4.78, 5) is 26.5. The molecule has 2 aromatic carbocycles. The van der Waals surface area contributed by atoms with Crippen molar-refractivity contribution < 1.29 is 14.3 Å². The van der Waals surface area contributed by atoms with Crippen LogP contribution >= 0.6 is 22.6 Å². The van der Waals surface area contributed by atoms with E-state index < -0.39 is 6.04 Å². The number of fused-ring (bicyclic) bond motifs is 1. The van der Waals surface area contributed by atoms with Crippen molar-refractivity contribution in [3.8, 4) is 0 Å². The molecule has 0 spiro atoms. The highest BCUT2D eigenvalue weighted by molar-refractivity contribution is 14.1. The van der Waals surface area contributed by atoms with Crippen LogP contribution in [0.4, 0.5) is 5.69 Å². The summed E-state index contributed by atoms with van der Waals surface area (Å²) in [6.07, 6.45) is 0.555. The second-order valence-electron chi connectivity index (χ2n) is 5.98. The molecule has 1 N–H and O–H groups in total. The molecule has 1 heterocycles. The maximum absolute atomic E-state index is 12.5. The molecule has 2 aromatic rings. The molecule has 5 nitrogen and oxygen atoms in total. The fourth-order valence-corrected chi connectivity index (χ4v) is 3.61. The Bertz CT molecular complexity index is 794. The summed E-state index contributed by atoms with van der Waals surface area (Å²) in [6, 6.07) is 15.2. The number of ether oxygens (including phenoxy) is 1. The molecular formula is C19H19IN2O3. The highest BCUT2D eigenvalue weighted by Crippen LogP contribution is 2.24. The van der Waals surface area contributed by atoms with Crippen LogP contribution in [0.25, 0.3) is 0 Å². The quantitative estimate of drug-likeness (QED) is 0.575. The van der Waals surface area contributed by atoms with E-state index in [9.17, 15) is 9.59 Å². The number of hydrogen-bond donors (Lipinski definition) is 1. The number of anilines is 1. The van der Waals surface area contributed by atoms with Gasteiger partial charge in [-0.15, -0.1) is 0 Å². The fraction of sp³-hybridized carbons (Fsp3) is 0.263. The Labute approximate surface area is 160 Å². The van der Waals surface area contributed by atoms with Gasteiger partial charge >= 0.3 is 5.97 Å². The number of benzene rings is 2. The molecule has 3 rings (SSSR count). The van der Waals surface area contributed by atoms with Gasteiger partial charge in [-0.2, -0.15) is 0 Å². The van der Waals surface area contributed by atoms with Crippen molar-refractivity contribution in [2.45, 2.75) is 19.0 Å². The Hall–Kier alpha value is -1.93. The summed E-state index contributed by atoms with van der Waals surface area (Å²) in [5.74, 6) is -0.452. The van der Waals surface area contributed by atoms with Crippen LogP contribution in [0.5, 0.6) is 0 Å². The van der Waals surface area contributed by atoms with Crippen LogP contribution in [0.1, 0.15) is 11.1 Å². The van der Waals surface area contributed by atoms with Gasteiger partial charge in [-0.3, -0.25) is 14.5 Å². The van der Waals surface area contributed by atoms with Crippen molar-refractivity contribution >= 4 is 40.2 Å². The first-order chi connectivity index (χ1) is 12.1. The van der Waals surface area contributed by atoms with Crippen molar-refractivity contribution in [1.29, 1.82) is 0 Å². The zero-order chi connectivity index (χ0) is 17.8. The van der Waals surface area contributed by atoms with E-state index in [1.165, 1.54) is 7.11 Å². The number of esters is 1. The Morgan fingerprint density at radius 3 is 2.68 bits per heavy atom. The van der Waals surface area contributed by atoms with Crippen LogP contribution in [-0.2, 0) is 27.3 Å². The second kappa shape index (κ2) is 7.97. The first kappa shape index (κ1) is 17.9. The smallest absolute Gasteiger partial charge is 0.323 e. The van der Waals surface area contributed by atoms with E-state index in [4.69, 9.17) is 4.74 Å². The number of carbonyl (C=O) groups excluding carboxylic acids is 2. The van der Waals surface area contributed by atoms with Crippen LogP contribution in [-0.4, -0.2) is 36.5 Å².